The summed E-state index contributed by atoms with van der Waals surface area (Å²) >= 11 is 0. The number of aromatic nitrogens is 4. The third-order valence-electron chi connectivity index (χ3n) is 5.82. The molecular weight excluding hydrogens is 656 g/mol. The highest BCUT2D eigenvalue weighted by Crippen LogP contribution is 2.05. The van der Waals surface area contributed by atoms with Crippen molar-refractivity contribution in [3.8, 4) is 0 Å². The maximum absolute atomic E-state index is 11.3. The standard InChI is InChI=1S/C11H16N2O2.C11H16O4.C9H12N2O2.C7H12O/c1-4-15-11(14)10-7-9(12-13-10)6-5-8(2)3;1-4-15-11(14)10(13)7-9(12)6-5-8(2)3;1-6(2)3-4-7-5-8(9(12)13)11-10-7;1-6(2)4-5-7(3)8/h5,7H,4,6H2,1-3H3,(H,12,13);5H,4,6-7H2,1-3H3;3,5H,4H2,1-2H3,(H,10,11)(H,12,13);4H,5H2,1-3H3. The van der Waals surface area contributed by atoms with E-state index < -0.39 is 17.7 Å². The number of nitrogens with one attached hydrogen (secondary N) is 2. The molecule has 0 aromatic carbocycles. The lowest BCUT2D eigenvalue weighted by molar-refractivity contribution is -0.154. The first-order valence-electron chi connectivity index (χ1n) is 16.6. The zero-order valence-electron chi connectivity index (χ0n) is 32.0. The number of carbonyl (C=O) groups is 6. The predicted octanol–water partition coefficient (Wildman–Crippen LogP) is 7.08. The summed E-state index contributed by atoms with van der Waals surface area (Å²) in [6, 6.07) is 3.26. The fraction of sp³-hybridized carbons (Fsp3) is 0.474. The number of nitrogens with zero attached hydrogens (tertiary/aromatic N) is 2. The average Bonchev–Trinajstić information content (AvgIpc) is 3.73. The lowest BCUT2D eigenvalue weighted by atomic mass is 10.1. The van der Waals surface area contributed by atoms with Gasteiger partial charge in [0.1, 0.15) is 11.6 Å². The Balaban J connectivity index is 0. The molecular formula is C38H56N4O9. The normalized spacial score (nSPS) is 9.39. The van der Waals surface area contributed by atoms with E-state index in [-0.39, 0.29) is 42.7 Å². The number of hydrogen-bond acceptors (Lipinski definition) is 10. The lowest BCUT2D eigenvalue weighted by Crippen LogP contribution is -2.20. The fourth-order valence-corrected chi connectivity index (χ4v) is 3.18. The molecule has 2 heterocycles. The molecule has 0 atom stereocenters. The summed E-state index contributed by atoms with van der Waals surface area (Å²) in [5, 5.41) is 21.6. The van der Waals surface area contributed by atoms with Crippen LogP contribution in [-0.2, 0) is 41.5 Å². The van der Waals surface area contributed by atoms with Crippen molar-refractivity contribution in [1.29, 1.82) is 0 Å². The molecule has 0 aliphatic rings. The number of aromatic carboxylic acids is 1. The number of Topliss-reactive ketones (excluding diaryl/α,β-unsaturated/α-hetero) is 3. The van der Waals surface area contributed by atoms with E-state index in [4.69, 9.17) is 9.84 Å². The van der Waals surface area contributed by atoms with Crippen LogP contribution in [0.15, 0.2) is 58.7 Å². The highest BCUT2D eigenvalue weighted by atomic mass is 16.5. The van der Waals surface area contributed by atoms with Crippen molar-refractivity contribution in [3.05, 3.63) is 81.5 Å². The Bertz CT molecular complexity index is 1540. The van der Waals surface area contributed by atoms with Gasteiger partial charge in [0.25, 0.3) is 0 Å². The Labute approximate surface area is 301 Å². The molecule has 0 amide bonds. The number of rotatable bonds is 15. The van der Waals surface area contributed by atoms with E-state index in [2.05, 4.69) is 31.2 Å². The number of ketones is 3. The Morgan fingerprint density at radius 1 is 0.647 bits per heavy atom. The number of esters is 2. The van der Waals surface area contributed by atoms with E-state index in [1.54, 1.807) is 39.0 Å². The predicted molar refractivity (Wildman–Crippen MR) is 196 cm³/mol. The highest BCUT2D eigenvalue weighted by Gasteiger charge is 2.18. The number of ether oxygens (including phenoxy) is 2. The monoisotopic (exact) mass is 712 g/mol. The first kappa shape index (κ1) is 47.9. The van der Waals surface area contributed by atoms with Gasteiger partial charge < -0.3 is 14.6 Å². The van der Waals surface area contributed by atoms with E-state index in [1.807, 2.05) is 67.5 Å². The van der Waals surface area contributed by atoms with Crippen molar-refractivity contribution >= 4 is 35.3 Å². The van der Waals surface area contributed by atoms with E-state index in [0.717, 1.165) is 23.4 Å². The second kappa shape index (κ2) is 27.6. The number of aromatic amines is 2. The van der Waals surface area contributed by atoms with Crippen LogP contribution in [0.5, 0.6) is 0 Å². The maximum Gasteiger partial charge on any atom is 0.375 e. The molecule has 0 saturated carbocycles. The molecule has 13 nitrogen and oxygen atoms in total. The third kappa shape index (κ3) is 27.3. The van der Waals surface area contributed by atoms with Gasteiger partial charge in [0.15, 0.2) is 11.4 Å². The Morgan fingerprint density at radius 2 is 1.08 bits per heavy atom. The zero-order valence-corrected chi connectivity index (χ0v) is 32.0. The van der Waals surface area contributed by atoms with Gasteiger partial charge in [-0.2, -0.15) is 10.2 Å². The van der Waals surface area contributed by atoms with Gasteiger partial charge in [0.2, 0.25) is 5.78 Å². The van der Waals surface area contributed by atoms with Crippen LogP contribution in [0.4, 0.5) is 0 Å². The van der Waals surface area contributed by atoms with Crippen LogP contribution in [0.3, 0.4) is 0 Å². The van der Waals surface area contributed by atoms with Crippen molar-refractivity contribution < 1.29 is 43.3 Å². The number of carbonyl (C=O) groups excluding carboxylic acids is 5. The van der Waals surface area contributed by atoms with Crippen LogP contribution in [-0.4, -0.2) is 74.0 Å². The molecule has 0 unspecified atom stereocenters. The van der Waals surface area contributed by atoms with Gasteiger partial charge in [-0.05, 0) is 88.3 Å². The molecule has 13 heteroatoms. The summed E-state index contributed by atoms with van der Waals surface area (Å²) in [5.74, 6) is -3.12. The summed E-state index contributed by atoms with van der Waals surface area (Å²) in [4.78, 5) is 65.2. The second-order valence-electron chi connectivity index (χ2n) is 12.1. The number of allylic oxidation sites excluding steroid dienone is 8. The molecule has 0 radical (unpaired) electrons. The van der Waals surface area contributed by atoms with Crippen molar-refractivity contribution in [2.75, 3.05) is 13.2 Å². The van der Waals surface area contributed by atoms with Crippen LogP contribution in [0.1, 0.15) is 128 Å². The molecule has 0 bridgehead atoms. The van der Waals surface area contributed by atoms with Crippen LogP contribution in [0, 0.1) is 0 Å². The second-order valence-corrected chi connectivity index (χ2v) is 12.1. The number of hydrogen-bond donors (Lipinski definition) is 3. The summed E-state index contributed by atoms with van der Waals surface area (Å²) in [6.07, 6.45) is 9.60. The minimum atomic E-state index is -1.00. The largest absolute Gasteiger partial charge is 0.476 e. The Hall–Kier alpha value is -5.20. The van der Waals surface area contributed by atoms with Gasteiger partial charge in [-0.3, -0.25) is 24.6 Å². The number of carboxylic acid groups (broad SMARTS) is 1. The quantitative estimate of drug-likeness (QED) is 0.0738. The molecule has 2 aromatic rings. The molecule has 282 valence electrons. The summed E-state index contributed by atoms with van der Waals surface area (Å²) in [7, 11) is 0. The topological polar surface area (TPSA) is 198 Å². The van der Waals surface area contributed by atoms with Gasteiger partial charge in [0, 0.05) is 37.1 Å². The van der Waals surface area contributed by atoms with Crippen LogP contribution < -0.4 is 0 Å². The first-order chi connectivity index (χ1) is 23.8. The third-order valence-corrected chi connectivity index (χ3v) is 5.82. The average molecular weight is 713 g/mol. The molecule has 51 heavy (non-hydrogen) atoms. The summed E-state index contributed by atoms with van der Waals surface area (Å²) in [5.41, 5.74) is 6.80. The van der Waals surface area contributed by atoms with E-state index in [1.165, 1.54) is 16.7 Å². The van der Waals surface area contributed by atoms with Gasteiger partial charge in [0.05, 0.1) is 19.6 Å². The van der Waals surface area contributed by atoms with Gasteiger partial charge in [-0.25, -0.2) is 14.4 Å². The molecule has 0 aliphatic carbocycles. The van der Waals surface area contributed by atoms with Crippen LogP contribution in [0.2, 0.25) is 0 Å². The van der Waals surface area contributed by atoms with Crippen molar-refractivity contribution in [3.63, 3.8) is 0 Å². The SMILES string of the molecule is CC(=O)CC=C(C)C.CC(C)=CCc1cc(C(=O)O)n[nH]1.CCOC(=O)C(=O)CC(=O)CC=C(C)C.CCOC(=O)c1cc(CC=C(C)C)[nH]n1. The smallest absolute Gasteiger partial charge is 0.375 e. The van der Waals surface area contributed by atoms with Gasteiger partial charge in [-0.1, -0.05) is 46.6 Å². The highest BCUT2D eigenvalue weighted by molar-refractivity contribution is 6.37. The van der Waals surface area contributed by atoms with Crippen LogP contribution in [0.25, 0.3) is 0 Å². The fourth-order valence-electron chi connectivity index (χ4n) is 3.18. The van der Waals surface area contributed by atoms with E-state index >= 15 is 0 Å². The first-order valence-corrected chi connectivity index (χ1v) is 16.6. The van der Waals surface area contributed by atoms with Gasteiger partial charge in [-0.15, -0.1) is 0 Å². The Kier molecular flexibility index (Phi) is 25.9. The van der Waals surface area contributed by atoms with Crippen LogP contribution >= 0.6 is 0 Å². The summed E-state index contributed by atoms with van der Waals surface area (Å²) in [6.45, 7) is 21.2. The summed E-state index contributed by atoms with van der Waals surface area (Å²) < 4.78 is 9.30. The maximum atomic E-state index is 11.3. The molecule has 2 aromatic heterocycles. The van der Waals surface area contributed by atoms with Crippen molar-refractivity contribution in [2.24, 2.45) is 0 Å². The van der Waals surface area contributed by atoms with E-state index in [0.29, 0.717) is 25.1 Å². The molecule has 3 N–H and O–H groups in total. The number of carboxylic acids is 1. The Morgan fingerprint density at radius 3 is 1.45 bits per heavy atom. The zero-order chi connectivity index (χ0) is 39.5. The van der Waals surface area contributed by atoms with Crippen molar-refractivity contribution in [2.45, 2.75) is 108 Å². The van der Waals surface area contributed by atoms with Crippen molar-refractivity contribution in [1.82, 2.24) is 20.4 Å². The lowest BCUT2D eigenvalue weighted by Gasteiger charge is -1.99. The molecule has 0 aliphatic heterocycles. The number of H-pyrrole nitrogens is 2. The minimum absolute atomic E-state index is 0.0668. The minimum Gasteiger partial charge on any atom is -0.476 e. The molecule has 0 spiro atoms. The van der Waals surface area contributed by atoms with Gasteiger partial charge >= 0.3 is 17.9 Å². The van der Waals surface area contributed by atoms with E-state index in [9.17, 15) is 28.8 Å². The molecule has 0 fully saturated rings. The molecule has 0 saturated heterocycles. The molecule has 2 rings (SSSR count).